The lowest BCUT2D eigenvalue weighted by Crippen LogP contribution is -2.31. The van der Waals surface area contributed by atoms with Crippen LogP contribution < -0.4 is 5.32 Å². The van der Waals surface area contributed by atoms with Crippen LogP contribution in [0.2, 0.25) is 0 Å². The maximum Gasteiger partial charge on any atom is 0.306 e. The van der Waals surface area contributed by atoms with E-state index in [1.54, 1.807) is 0 Å². The number of aliphatic hydroxyl groups excluding tert-OH is 1. The molecule has 0 rings (SSSR count). The highest BCUT2D eigenvalue weighted by molar-refractivity contribution is 5.71. The van der Waals surface area contributed by atoms with Gasteiger partial charge in [-0.3, -0.25) is 24.0 Å². The number of rotatable bonds is 33. The number of ether oxygens (including phenoxy) is 5. The average molecular weight is 692 g/mol. The quantitative estimate of drug-likeness (QED) is 0.0444. The summed E-state index contributed by atoms with van der Waals surface area (Å²) in [5.74, 6) is -2.09. The molecule has 0 heterocycles. The van der Waals surface area contributed by atoms with Crippen molar-refractivity contribution >= 4 is 29.8 Å². The van der Waals surface area contributed by atoms with Gasteiger partial charge in [-0.1, -0.05) is 85.0 Å². The number of hydrogen-bond donors (Lipinski definition) is 2. The lowest BCUT2D eigenvalue weighted by Gasteiger charge is -2.18. The molecule has 0 aliphatic carbocycles. The van der Waals surface area contributed by atoms with Gasteiger partial charge in [-0.05, 0) is 45.2 Å². The van der Waals surface area contributed by atoms with Crippen molar-refractivity contribution in [3.63, 3.8) is 0 Å². The van der Waals surface area contributed by atoms with Crippen LogP contribution in [0, 0.1) is 0 Å². The largest absolute Gasteiger partial charge is 0.462 e. The molecule has 0 bridgehead atoms. The number of nitrogens with one attached hydrogen (secondary N) is 1. The Morgan fingerprint density at radius 3 is 1.27 bits per heavy atom. The zero-order valence-corrected chi connectivity index (χ0v) is 30.1. The van der Waals surface area contributed by atoms with Gasteiger partial charge in [-0.25, -0.2) is 0 Å². The molecule has 0 fully saturated rings. The van der Waals surface area contributed by atoms with Crippen molar-refractivity contribution in [1.82, 2.24) is 5.32 Å². The minimum Gasteiger partial charge on any atom is -0.462 e. The maximum absolute atomic E-state index is 12.5. The summed E-state index contributed by atoms with van der Waals surface area (Å²) in [4.78, 5) is 60.7. The van der Waals surface area contributed by atoms with Crippen molar-refractivity contribution in [2.75, 3.05) is 39.5 Å². The highest BCUT2D eigenvalue weighted by Gasteiger charge is 2.20. The predicted octanol–water partition coefficient (Wildman–Crippen LogP) is 6.38. The highest BCUT2D eigenvalue weighted by Crippen LogP contribution is 2.10. The van der Waals surface area contributed by atoms with Crippen molar-refractivity contribution in [2.24, 2.45) is 0 Å². The Kier molecular flexibility index (Phi) is 30.9. The molecular weight excluding hydrogens is 622 g/mol. The average Bonchev–Trinajstić information content (AvgIpc) is 3.07. The van der Waals surface area contributed by atoms with Gasteiger partial charge < -0.3 is 34.1 Å². The Morgan fingerprint density at radius 1 is 0.479 bits per heavy atom. The maximum atomic E-state index is 12.5. The van der Waals surface area contributed by atoms with Crippen LogP contribution in [0.4, 0.5) is 0 Å². The van der Waals surface area contributed by atoms with Gasteiger partial charge in [0.2, 0.25) is 0 Å². The third kappa shape index (κ3) is 29.4. The molecule has 12 heteroatoms. The van der Waals surface area contributed by atoms with E-state index < -0.39 is 30.8 Å². The fraction of sp³-hybridized carbons (Fsp3) is 0.861. The van der Waals surface area contributed by atoms with Crippen molar-refractivity contribution < 1.29 is 55.6 Å². The third-order valence-corrected chi connectivity index (χ3v) is 7.51. The van der Waals surface area contributed by atoms with Gasteiger partial charge in [-0.15, -0.1) is 0 Å². The molecule has 0 radical (unpaired) electrons. The van der Waals surface area contributed by atoms with E-state index in [9.17, 15) is 29.1 Å². The molecule has 0 amide bonds. The second-order valence-corrected chi connectivity index (χ2v) is 12.2. The normalized spacial score (nSPS) is 12.2. The van der Waals surface area contributed by atoms with Crippen LogP contribution >= 0.6 is 0 Å². The molecule has 2 unspecified atom stereocenters. The molecule has 0 aromatic carbocycles. The van der Waals surface area contributed by atoms with Crippen LogP contribution in [0.5, 0.6) is 0 Å². The number of esters is 5. The van der Waals surface area contributed by atoms with Gasteiger partial charge in [0.15, 0.2) is 12.2 Å². The standard InChI is InChI=1S/C36H65NO11.2H2/c1-4-7-10-12-13-16-21-34(41)46-29-31(28-45-33(40)20-15-11-8-5-2)48-36(43)23-18-25-37-24-17-22-35(42)47-30(26-38)27-44-32(39)19-14-9-6-3;;/h30-31,37-38H,4-29H2,1-3H3;2*1H. The van der Waals surface area contributed by atoms with E-state index in [4.69, 9.17) is 23.7 Å². The second-order valence-electron chi connectivity index (χ2n) is 12.2. The Hall–Kier alpha value is -2.73. The summed E-state index contributed by atoms with van der Waals surface area (Å²) in [5, 5.41) is 12.6. The molecule has 0 saturated heterocycles. The highest BCUT2D eigenvalue weighted by atomic mass is 16.6. The van der Waals surface area contributed by atoms with Gasteiger partial charge in [-0.2, -0.15) is 0 Å². The number of carbonyl (C=O) groups is 5. The minimum atomic E-state index is -0.895. The number of carbonyl (C=O) groups excluding carboxylic acids is 5. The van der Waals surface area contributed by atoms with Gasteiger partial charge in [0, 0.05) is 35.0 Å². The van der Waals surface area contributed by atoms with E-state index in [1.807, 2.05) is 6.92 Å². The zero-order chi connectivity index (χ0) is 35.7. The van der Waals surface area contributed by atoms with Crippen LogP contribution in [-0.4, -0.2) is 86.7 Å². The summed E-state index contributed by atoms with van der Waals surface area (Å²) in [6.45, 7) is 6.34. The summed E-state index contributed by atoms with van der Waals surface area (Å²) in [7, 11) is 0. The van der Waals surface area contributed by atoms with Gasteiger partial charge in [0.1, 0.15) is 19.8 Å². The third-order valence-electron chi connectivity index (χ3n) is 7.51. The Morgan fingerprint density at radius 2 is 0.812 bits per heavy atom. The first kappa shape index (κ1) is 45.3. The Labute approximate surface area is 291 Å². The molecule has 0 saturated carbocycles. The number of aliphatic hydroxyl groups is 1. The topological polar surface area (TPSA) is 164 Å². The summed E-state index contributed by atoms with van der Waals surface area (Å²) in [6, 6.07) is 0. The van der Waals surface area contributed by atoms with Gasteiger partial charge in [0.05, 0.1) is 6.61 Å². The van der Waals surface area contributed by atoms with E-state index >= 15 is 0 Å². The predicted molar refractivity (Wildman–Crippen MR) is 186 cm³/mol. The first-order valence-corrected chi connectivity index (χ1v) is 18.4. The monoisotopic (exact) mass is 691 g/mol. The first-order chi connectivity index (χ1) is 23.2. The molecule has 284 valence electrons. The van der Waals surface area contributed by atoms with Crippen LogP contribution in [0.3, 0.4) is 0 Å². The molecule has 2 atom stereocenters. The Bertz CT molecular complexity index is 864. The number of hydrogen-bond acceptors (Lipinski definition) is 12. The zero-order valence-electron chi connectivity index (χ0n) is 30.1. The van der Waals surface area contributed by atoms with Crippen molar-refractivity contribution in [3.8, 4) is 0 Å². The SMILES string of the molecule is CCCCCCCCC(=O)OCC(COC(=O)CCCCCC)OC(=O)CCCNCCCC(=O)OC(CO)COC(=O)CCCCC.[HH].[HH]. The fourth-order valence-corrected chi connectivity index (χ4v) is 4.61. The Balaban J connectivity index is -0.0000110. The van der Waals surface area contributed by atoms with Crippen LogP contribution in [0.25, 0.3) is 0 Å². The first-order valence-electron chi connectivity index (χ1n) is 18.4. The molecular formula is C36H69NO11. The summed E-state index contributed by atoms with van der Waals surface area (Å²) in [6.07, 6.45) is 13.0. The van der Waals surface area contributed by atoms with E-state index in [-0.39, 0.29) is 53.4 Å². The van der Waals surface area contributed by atoms with Gasteiger partial charge in [0.25, 0.3) is 0 Å². The second kappa shape index (κ2) is 32.8. The van der Waals surface area contributed by atoms with E-state index in [2.05, 4.69) is 19.2 Å². The van der Waals surface area contributed by atoms with Gasteiger partial charge >= 0.3 is 29.8 Å². The lowest BCUT2D eigenvalue weighted by molar-refractivity contribution is -0.167. The summed E-state index contributed by atoms with van der Waals surface area (Å²) < 4.78 is 26.4. The number of unbranched alkanes of at least 4 members (excludes halogenated alkanes) is 10. The van der Waals surface area contributed by atoms with E-state index in [1.165, 1.54) is 6.42 Å². The molecule has 0 spiro atoms. The lowest BCUT2D eigenvalue weighted by atomic mass is 10.1. The van der Waals surface area contributed by atoms with Crippen LogP contribution in [0.15, 0.2) is 0 Å². The molecule has 48 heavy (non-hydrogen) atoms. The molecule has 0 aliphatic rings. The molecule has 12 nitrogen and oxygen atoms in total. The molecule has 0 aromatic rings. The van der Waals surface area contributed by atoms with Crippen LogP contribution in [-0.2, 0) is 47.7 Å². The summed E-state index contributed by atoms with van der Waals surface area (Å²) in [5.41, 5.74) is 0. The van der Waals surface area contributed by atoms with Crippen molar-refractivity contribution in [1.29, 1.82) is 0 Å². The smallest absolute Gasteiger partial charge is 0.306 e. The molecule has 0 aromatic heterocycles. The molecule has 2 N–H and O–H groups in total. The van der Waals surface area contributed by atoms with Crippen molar-refractivity contribution in [2.45, 2.75) is 161 Å². The van der Waals surface area contributed by atoms with E-state index in [0.717, 1.165) is 77.0 Å². The summed E-state index contributed by atoms with van der Waals surface area (Å²) >= 11 is 0. The fourth-order valence-electron chi connectivity index (χ4n) is 4.61. The minimum absolute atomic E-state index is 0. The van der Waals surface area contributed by atoms with E-state index in [0.29, 0.717) is 45.2 Å². The van der Waals surface area contributed by atoms with Crippen LogP contribution in [0.1, 0.15) is 152 Å². The molecule has 0 aliphatic heterocycles. The van der Waals surface area contributed by atoms with Crippen molar-refractivity contribution in [3.05, 3.63) is 0 Å².